The number of fused-ring (bicyclic) bond motifs is 8. The summed E-state index contributed by atoms with van der Waals surface area (Å²) in [5, 5.41) is 7.63. The summed E-state index contributed by atoms with van der Waals surface area (Å²) in [4.78, 5) is 0. The number of benzene rings is 7. The maximum Gasteiger partial charge on any atom is 0.135 e. The first-order valence-electron chi connectivity index (χ1n) is 13.4. The Morgan fingerprint density at radius 2 is 1.03 bits per heavy atom. The summed E-state index contributed by atoms with van der Waals surface area (Å²) in [6.45, 7) is 0. The molecule has 8 aromatic rings. The van der Waals surface area contributed by atoms with Crippen LogP contribution in [-0.4, -0.2) is 0 Å². The van der Waals surface area contributed by atoms with Crippen LogP contribution in [0.4, 0.5) is 0 Å². The van der Waals surface area contributed by atoms with Gasteiger partial charge in [-0.05, 0) is 102 Å². The lowest BCUT2D eigenvalue weighted by atomic mass is 9.94. The molecule has 0 fully saturated rings. The van der Waals surface area contributed by atoms with E-state index in [4.69, 9.17) is 4.42 Å². The highest BCUT2D eigenvalue weighted by Crippen LogP contribution is 2.50. The number of hydrogen-bond acceptors (Lipinski definition) is 1. The van der Waals surface area contributed by atoms with Crippen LogP contribution in [0.2, 0.25) is 0 Å². The van der Waals surface area contributed by atoms with Crippen molar-refractivity contribution in [1.82, 2.24) is 0 Å². The molecule has 1 aromatic heterocycles. The molecule has 0 atom stereocenters. The van der Waals surface area contributed by atoms with Crippen molar-refractivity contribution in [2.75, 3.05) is 0 Å². The van der Waals surface area contributed by atoms with E-state index in [1.54, 1.807) is 0 Å². The van der Waals surface area contributed by atoms with E-state index in [1.165, 1.54) is 66.1 Å². The molecular weight excluding hydrogens is 472 g/mol. The van der Waals surface area contributed by atoms with E-state index in [9.17, 15) is 0 Å². The van der Waals surface area contributed by atoms with E-state index in [-0.39, 0.29) is 0 Å². The zero-order valence-corrected chi connectivity index (χ0v) is 21.1. The quantitative estimate of drug-likeness (QED) is 0.218. The Labute approximate surface area is 225 Å². The van der Waals surface area contributed by atoms with Gasteiger partial charge in [0.15, 0.2) is 0 Å². The van der Waals surface area contributed by atoms with Crippen molar-refractivity contribution in [3.05, 3.63) is 133 Å². The van der Waals surface area contributed by atoms with Crippen LogP contribution < -0.4 is 0 Å². The van der Waals surface area contributed by atoms with Crippen LogP contribution in [-0.2, 0) is 0 Å². The molecule has 7 aromatic carbocycles. The van der Waals surface area contributed by atoms with Crippen LogP contribution in [0.3, 0.4) is 0 Å². The smallest absolute Gasteiger partial charge is 0.135 e. The van der Waals surface area contributed by atoms with Gasteiger partial charge < -0.3 is 4.42 Å². The molecule has 0 unspecified atom stereocenters. The van der Waals surface area contributed by atoms with Crippen LogP contribution in [0.1, 0.15) is 0 Å². The zero-order valence-electron chi connectivity index (χ0n) is 21.1. The van der Waals surface area contributed by atoms with Crippen molar-refractivity contribution in [2.24, 2.45) is 0 Å². The molecule has 0 bridgehead atoms. The Morgan fingerprint density at radius 3 is 1.95 bits per heavy atom. The van der Waals surface area contributed by atoms with Gasteiger partial charge >= 0.3 is 0 Å². The van der Waals surface area contributed by atoms with Crippen molar-refractivity contribution >= 4 is 43.5 Å². The number of rotatable bonds is 2. The molecule has 0 aliphatic heterocycles. The minimum Gasteiger partial charge on any atom is -0.456 e. The molecule has 9 rings (SSSR count). The standard InChI is InChI=1S/C38H22O/c1-2-10-28-27(7-1)22-35-33-20-25(15-17-29(33)32-13-6-12-31(28)38(32)35)23-8-5-9-24(19-23)26-16-18-37-34(21-26)30-11-3-4-14-36(30)39-37/h1-22H. The van der Waals surface area contributed by atoms with E-state index in [0.29, 0.717) is 0 Å². The van der Waals surface area contributed by atoms with Gasteiger partial charge in [0.2, 0.25) is 0 Å². The lowest BCUT2D eigenvalue weighted by Gasteiger charge is -2.10. The Kier molecular flexibility index (Phi) is 4.11. The van der Waals surface area contributed by atoms with Crippen LogP contribution >= 0.6 is 0 Å². The van der Waals surface area contributed by atoms with E-state index in [0.717, 1.165) is 21.9 Å². The number of hydrogen-bond donors (Lipinski definition) is 0. The van der Waals surface area contributed by atoms with Gasteiger partial charge in [0.05, 0.1) is 0 Å². The van der Waals surface area contributed by atoms with Gasteiger partial charge in [-0.25, -0.2) is 0 Å². The third kappa shape index (κ3) is 2.96. The molecule has 0 spiro atoms. The molecule has 180 valence electrons. The maximum absolute atomic E-state index is 6.06. The fourth-order valence-electron chi connectivity index (χ4n) is 6.57. The molecule has 1 heterocycles. The van der Waals surface area contributed by atoms with Gasteiger partial charge in [-0.3, -0.25) is 0 Å². The third-order valence-corrected chi connectivity index (χ3v) is 8.39. The SMILES string of the molecule is c1cc(-c2ccc3c(c2)-c2cc4ccccc4c4cccc-3c24)cc(-c2ccc3oc4ccccc4c3c2)c1. The molecule has 1 nitrogen and oxygen atoms in total. The van der Waals surface area contributed by atoms with Gasteiger partial charge in [0.1, 0.15) is 11.2 Å². The molecule has 0 radical (unpaired) electrons. The topological polar surface area (TPSA) is 13.1 Å². The van der Waals surface area contributed by atoms with E-state index in [1.807, 2.05) is 12.1 Å². The average molecular weight is 495 g/mol. The van der Waals surface area contributed by atoms with Crippen molar-refractivity contribution in [2.45, 2.75) is 0 Å². The zero-order chi connectivity index (χ0) is 25.5. The highest BCUT2D eigenvalue weighted by atomic mass is 16.3. The monoisotopic (exact) mass is 494 g/mol. The normalized spacial score (nSPS) is 12.1. The minimum atomic E-state index is 0.927. The molecule has 0 amide bonds. The first-order chi connectivity index (χ1) is 19.3. The van der Waals surface area contributed by atoms with Crippen molar-refractivity contribution in [3.8, 4) is 44.5 Å². The van der Waals surface area contributed by atoms with Crippen LogP contribution in [0.5, 0.6) is 0 Å². The van der Waals surface area contributed by atoms with Gasteiger partial charge in [0.25, 0.3) is 0 Å². The van der Waals surface area contributed by atoms with Gasteiger partial charge in [-0.15, -0.1) is 0 Å². The summed E-state index contributed by atoms with van der Waals surface area (Å²) in [6.07, 6.45) is 0. The Bertz CT molecular complexity index is 2280. The van der Waals surface area contributed by atoms with Crippen LogP contribution in [0, 0.1) is 0 Å². The largest absolute Gasteiger partial charge is 0.456 e. The average Bonchev–Trinajstić information content (AvgIpc) is 3.53. The second kappa shape index (κ2) is 7.69. The molecule has 1 aliphatic carbocycles. The predicted octanol–water partition coefficient (Wildman–Crippen LogP) is 10.9. The first-order valence-corrected chi connectivity index (χ1v) is 13.4. The molecule has 1 heteroatoms. The highest BCUT2D eigenvalue weighted by Gasteiger charge is 2.23. The Balaban J connectivity index is 1.19. The second-order valence-corrected chi connectivity index (χ2v) is 10.5. The highest BCUT2D eigenvalue weighted by molar-refractivity contribution is 6.23. The summed E-state index contributed by atoms with van der Waals surface area (Å²) in [7, 11) is 0. The summed E-state index contributed by atoms with van der Waals surface area (Å²) >= 11 is 0. The first kappa shape index (κ1) is 20.9. The van der Waals surface area contributed by atoms with Crippen molar-refractivity contribution < 1.29 is 4.42 Å². The van der Waals surface area contributed by atoms with E-state index >= 15 is 0 Å². The third-order valence-electron chi connectivity index (χ3n) is 8.39. The van der Waals surface area contributed by atoms with Crippen LogP contribution in [0.25, 0.3) is 88.0 Å². The lowest BCUT2D eigenvalue weighted by molar-refractivity contribution is 0.669. The Hall–Kier alpha value is -5.14. The molecular formula is C38H22O. The molecule has 39 heavy (non-hydrogen) atoms. The summed E-state index contributed by atoms with van der Waals surface area (Å²) < 4.78 is 6.06. The minimum absolute atomic E-state index is 0.927. The molecule has 1 aliphatic rings. The fourth-order valence-corrected chi connectivity index (χ4v) is 6.57. The maximum atomic E-state index is 6.06. The van der Waals surface area contributed by atoms with Crippen LogP contribution in [0.15, 0.2) is 138 Å². The van der Waals surface area contributed by atoms with Gasteiger partial charge in [0, 0.05) is 10.8 Å². The van der Waals surface area contributed by atoms with Crippen molar-refractivity contribution in [3.63, 3.8) is 0 Å². The van der Waals surface area contributed by atoms with Gasteiger partial charge in [-0.2, -0.15) is 0 Å². The van der Waals surface area contributed by atoms with Crippen molar-refractivity contribution in [1.29, 1.82) is 0 Å². The Morgan fingerprint density at radius 1 is 0.333 bits per heavy atom. The predicted molar refractivity (Wildman–Crippen MR) is 164 cm³/mol. The molecule has 0 N–H and O–H groups in total. The number of furan rings is 1. The summed E-state index contributed by atoms with van der Waals surface area (Å²) in [5.74, 6) is 0. The fraction of sp³-hybridized carbons (Fsp3) is 0. The van der Waals surface area contributed by atoms with Gasteiger partial charge in [-0.1, -0.05) is 97.1 Å². The second-order valence-electron chi connectivity index (χ2n) is 10.5. The molecule has 0 saturated carbocycles. The van der Waals surface area contributed by atoms with E-state index < -0.39 is 0 Å². The van der Waals surface area contributed by atoms with E-state index in [2.05, 4.69) is 121 Å². The lowest BCUT2D eigenvalue weighted by Crippen LogP contribution is -1.84. The number of para-hydroxylation sites is 1. The molecule has 0 saturated heterocycles. The summed E-state index contributed by atoms with van der Waals surface area (Å²) in [5.41, 5.74) is 12.0. The summed E-state index contributed by atoms with van der Waals surface area (Å²) in [6, 6.07) is 48.4.